The Labute approximate surface area is 346 Å². The van der Waals surface area contributed by atoms with Crippen LogP contribution in [0.15, 0.2) is 34.3 Å². The largest absolute Gasteiger partial charge is 0.508 e. The number of hydrogen-bond donors (Lipinski definition) is 11. The van der Waals surface area contributed by atoms with E-state index in [-0.39, 0.29) is 55.9 Å². The molecular formula is C39H66N12O8. The molecule has 20 heteroatoms. The van der Waals surface area contributed by atoms with Gasteiger partial charge in [-0.25, -0.2) is 4.79 Å². The van der Waals surface area contributed by atoms with Crippen molar-refractivity contribution in [1.82, 2.24) is 31.5 Å². The zero-order valence-electron chi connectivity index (χ0n) is 34.9. The Kier molecular flexibility index (Phi) is 21.1. The number of carboxylic acid groups (broad SMARTS) is 1. The van der Waals surface area contributed by atoms with Crippen molar-refractivity contribution >= 4 is 47.4 Å². The lowest BCUT2D eigenvalue weighted by Crippen LogP contribution is -2.59. The van der Waals surface area contributed by atoms with Crippen molar-refractivity contribution in [2.45, 2.75) is 122 Å². The number of aliphatic carboxylic acids is 1. The number of phenols is 1. The van der Waals surface area contributed by atoms with Gasteiger partial charge in [-0.1, -0.05) is 46.2 Å². The van der Waals surface area contributed by atoms with Gasteiger partial charge in [0.15, 0.2) is 11.9 Å². The molecule has 1 fully saturated rings. The highest BCUT2D eigenvalue weighted by molar-refractivity contribution is 5.98. The SMILES string of the molecule is CC[C@H](C)[C@H](NC(=O)[C@H](Cc1ccc(O)cc1)NC(=O)[C@@H]1CCCN1C(=O)[C@@H](N)CCCN=C(N)NC(=O)[C@@H](N)CCCNC(N)=NC)C(=O)N[C@@H](CC(C)C)C(=O)O. The fourth-order valence-corrected chi connectivity index (χ4v) is 6.41. The van der Waals surface area contributed by atoms with Gasteiger partial charge in [-0.2, -0.15) is 0 Å². The van der Waals surface area contributed by atoms with E-state index in [1.165, 1.54) is 17.0 Å². The summed E-state index contributed by atoms with van der Waals surface area (Å²) in [5, 5.41) is 33.0. The Morgan fingerprint density at radius 2 is 1.54 bits per heavy atom. The van der Waals surface area contributed by atoms with Crippen LogP contribution in [0.1, 0.15) is 84.6 Å². The first-order valence-electron chi connectivity index (χ1n) is 20.2. The summed E-state index contributed by atoms with van der Waals surface area (Å²) in [7, 11) is 1.55. The summed E-state index contributed by atoms with van der Waals surface area (Å²) < 4.78 is 0. The Balaban J connectivity index is 2.09. The van der Waals surface area contributed by atoms with Crippen molar-refractivity contribution in [2.24, 2.45) is 44.8 Å². The topological polar surface area (TPSA) is 335 Å². The first-order valence-corrected chi connectivity index (χ1v) is 20.2. The van der Waals surface area contributed by atoms with Crippen molar-refractivity contribution in [3.63, 3.8) is 0 Å². The number of guanidine groups is 2. The molecule has 1 aromatic carbocycles. The summed E-state index contributed by atoms with van der Waals surface area (Å²) >= 11 is 0. The second kappa shape index (κ2) is 25.1. The quantitative estimate of drug-likeness (QED) is 0.0349. The zero-order chi connectivity index (χ0) is 44.2. The maximum Gasteiger partial charge on any atom is 0.326 e. The number of aromatic hydroxyl groups is 1. The van der Waals surface area contributed by atoms with Crippen LogP contribution in [0.5, 0.6) is 5.75 Å². The molecule has 59 heavy (non-hydrogen) atoms. The van der Waals surface area contributed by atoms with Crippen molar-refractivity contribution in [2.75, 3.05) is 26.7 Å². The van der Waals surface area contributed by atoms with Gasteiger partial charge in [0.05, 0.1) is 12.1 Å². The van der Waals surface area contributed by atoms with Crippen LogP contribution in [0.2, 0.25) is 0 Å². The first-order chi connectivity index (χ1) is 27.9. The number of carboxylic acids is 1. The molecule has 330 valence electrons. The van der Waals surface area contributed by atoms with Crippen molar-refractivity contribution < 1.29 is 39.0 Å². The minimum Gasteiger partial charge on any atom is -0.508 e. The molecule has 0 aliphatic carbocycles. The van der Waals surface area contributed by atoms with Crippen LogP contribution in [0.3, 0.4) is 0 Å². The van der Waals surface area contributed by atoms with Gasteiger partial charge in [0.1, 0.15) is 29.9 Å². The molecule has 0 radical (unpaired) electrons. The Hall–Kier alpha value is -5.50. The molecule has 0 bridgehead atoms. The number of rotatable bonds is 23. The van der Waals surface area contributed by atoms with E-state index in [1.807, 2.05) is 20.8 Å². The van der Waals surface area contributed by atoms with Crippen LogP contribution in [0.4, 0.5) is 0 Å². The van der Waals surface area contributed by atoms with Crippen molar-refractivity contribution in [1.29, 1.82) is 0 Å². The number of phenolic OH excluding ortho intramolecular Hbond substituents is 1. The second-order valence-electron chi connectivity index (χ2n) is 15.3. The lowest BCUT2D eigenvalue weighted by atomic mass is 9.96. The lowest BCUT2D eigenvalue weighted by molar-refractivity contribution is -0.143. The standard InChI is InChI=1S/C39H66N12O8/c1-6-23(4)31(35(56)48-29(37(58)59)20-22(2)3)49-33(54)28(21-24-13-15-25(52)16-14-24)47-34(55)30-12-9-19-51(30)36(57)27(41)11-8-18-46-39(43)50-32(53)26(40)10-7-17-45-38(42)44-5/h13-16,22-23,26-31,52H,6-12,17-21,40-41H2,1-5H3,(H,47,55)(H,48,56)(H,49,54)(H,58,59)(H3,42,44,45)(H3,43,46,50,53)/t23-,26-,27-,28-,29-,30-,31-/m0/s1. The number of nitrogens with two attached hydrogens (primary N) is 4. The minimum absolute atomic E-state index is 0.00501. The van der Waals surface area contributed by atoms with Crippen LogP contribution < -0.4 is 49.5 Å². The third kappa shape index (κ3) is 17.1. The van der Waals surface area contributed by atoms with Crippen molar-refractivity contribution in [3.8, 4) is 5.75 Å². The monoisotopic (exact) mass is 831 g/mol. The molecule has 1 aliphatic rings. The maximum absolute atomic E-state index is 14.0. The normalized spacial score (nSPS) is 17.6. The maximum atomic E-state index is 14.0. The van der Waals surface area contributed by atoms with Crippen LogP contribution in [0, 0.1) is 11.8 Å². The highest BCUT2D eigenvalue weighted by atomic mass is 16.4. The van der Waals surface area contributed by atoms with E-state index < -0.39 is 77.7 Å². The number of carbonyl (C=O) groups excluding carboxylic acids is 5. The van der Waals surface area contributed by atoms with E-state index in [0.29, 0.717) is 50.6 Å². The fraction of sp³-hybridized carbons (Fsp3) is 0.641. The highest BCUT2D eigenvalue weighted by Crippen LogP contribution is 2.20. The smallest absolute Gasteiger partial charge is 0.326 e. The van der Waals surface area contributed by atoms with E-state index >= 15 is 0 Å². The summed E-state index contributed by atoms with van der Waals surface area (Å²) in [5.41, 5.74) is 24.3. The van der Waals surface area contributed by atoms with Gasteiger partial charge in [0.25, 0.3) is 0 Å². The van der Waals surface area contributed by atoms with E-state index in [1.54, 1.807) is 26.1 Å². The summed E-state index contributed by atoms with van der Waals surface area (Å²) in [6, 6.07) is -0.134. The predicted molar refractivity (Wildman–Crippen MR) is 223 cm³/mol. The number of carbonyl (C=O) groups is 6. The fourth-order valence-electron chi connectivity index (χ4n) is 6.41. The molecule has 0 unspecified atom stereocenters. The summed E-state index contributed by atoms with van der Waals surface area (Å²) in [6.45, 7) is 8.16. The summed E-state index contributed by atoms with van der Waals surface area (Å²) in [5.74, 6) is -4.34. The average molecular weight is 831 g/mol. The first kappa shape index (κ1) is 49.6. The molecule has 1 aromatic rings. The Morgan fingerprint density at radius 1 is 0.881 bits per heavy atom. The lowest BCUT2D eigenvalue weighted by Gasteiger charge is -2.30. The van der Waals surface area contributed by atoms with Gasteiger partial charge in [-0.05, 0) is 74.5 Å². The molecule has 20 nitrogen and oxygen atoms in total. The van der Waals surface area contributed by atoms with Gasteiger partial charge in [-0.3, -0.25) is 39.3 Å². The Morgan fingerprint density at radius 3 is 2.15 bits per heavy atom. The van der Waals surface area contributed by atoms with Crippen LogP contribution in [0.25, 0.3) is 0 Å². The molecule has 1 saturated heterocycles. The number of likely N-dealkylation sites (tertiary alicyclic amines) is 1. The molecule has 2 rings (SSSR count). The number of benzene rings is 1. The third-order valence-electron chi connectivity index (χ3n) is 10.1. The molecule has 5 amide bonds. The molecule has 0 aromatic heterocycles. The Bertz CT molecular complexity index is 1620. The van der Waals surface area contributed by atoms with Crippen LogP contribution >= 0.6 is 0 Å². The van der Waals surface area contributed by atoms with E-state index in [0.717, 1.165) is 0 Å². The number of hydrogen-bond acceptors (Lipinski definition) is 11. The van der Waals surface area contributed by atoms with E-state index in [2.05, 4.69) is 36.6 Å². The minimum atomic E-state index is -1.21. The number of aliphatic imine (C=N–C) groups is 2. The second-order valence-corrected chi connectivity index (χ2v) is 15.3. The molecular weight excluding hydrogens is 765 g/mol. The number of nitrogens with one attached hydrogen (secondary N) is 5. The van der Waals surface area contributed by atoms with Gasteiger partial charge in [-0.15, -0.1) is 0 Å². The molecule has 1 heterocycles. The van der Waals surface area contributed by atoms with Crippen molar-refractivity contribution in [3.05, 3.63) is 29.8 Å². The van der Waals surface area contributed by atoms with Gasteiger partial charge in [0, 0.05) is 33.1 Å². The molecule has 1 aliphatic heterocycles. The molecule has 7 atom stereocenters. The van der Waals surface area contributed by atoms with E-state index in [9.17, 15) is 39.0 Å². The zero-order valence-corrected chi connectivity index (χ0v) is 34.9. The predicted octanol–water partition coefficient (Wildman–Crippen LogP) is -1.26. The van der Waals surface area contributed by atoms with E-state index in [4.69, 9.17) is 22.9 Å². The number of amides is 5. The average Bonchev–Trinajstić information content (AvgIpc) is 3.69. The summed E-state index contributed by atoms with van der Waals surface area (Å²) in [4.78, 5) is 88.4. The third-order valence-corrected chi connectivity index (χ3v) is 10.1. The van der Waals surface area contributed by atoms with Crippen LogP contribution in [-0.4, -0.2) is 125 Å². The number of nitrogens with zero attached hydrogens (tertiary/aromatic N) is 3. The van der Waals surface area contributed by atoms with Gasteiger partial charge >= 0.3 is 5.97 Å². The van der Waals surface area contributed by atoms with Crippen LogP contribution in [-0.2, 0) is 35.2 Å². The van der Waals surface area contributed by atoms with Gasteiger partial charge < -0.3 is 59.3 Å². The molecule has 0 saturated carbocycles. The van der Waals surface area contributed by atoms with Gasteiger partial charge in [0.2, 0.25) is 29.5 Å². The molecule has 15 N–H and O–H groups in total. The highest BCUT2D eigenvalue weighted by Gasteiger charge is 2.38. The summed E-state index contributed by atoms with van der Waals surface area (Å²) in [6.07, 6.45) is 2.97. The molecule has 0 spiro atoms.